The van der Waals surface area contributed by atoms with Crippen LogP contribution in [0.4, 0.5) is 21.5 Å². The van der Waals surface area contributed by atoms with Gasteiger partial charge in [0.2, 0.25) is 5.91 Å². The summed E-state index contributed by atoms with van der Waals surface area (Å²) >= 11 is 0. The normalized spacial score (nSPS) is 14.3. The zero-order chi connectivity index (χ0) is 16.8. The Morgan fingerprint density at radius 2 is 1.92 bits per heavy atom. The molecule has 3 rings (SSSR count). The Bertz CT molecular complexity index is 702. The van der Waals surface area contributed by atoms with Gasteiger partial charge in [-0.25, -0.2) is 4.39 Å². The van der Waals surface area contributed by atoms with E-state index in [9.17, 15) is 9.18 Å². The molecule has 6 heteroatoms. The summed E-state index contributed by atoms with van der Waals surface area (Å²) in [4.78, 5) is 14.3. The van der Waals surface area contributed by atoms with E-state index in [1.807, 2.05) is 24.3 Å². The molecular weight excluding hydrogens is 309 g/mol. The van der Waals surface area contributed by atoms with Gasteiger partial charge in [-0.15, -0.1) is 0 Å². The number of rotatable bonds is 5. The highest BCUT2D eigenvalue weighted by atomic mass is 19.1. The number of carbonyl (C=O) groups is 1. The van der Waals surface area contributed by atoms with Crippen LogP contribution in [0.3, 0.4) is 0 Å². The standard InChI is InChI=1S/C18H20FN3O2/c19-14-4-3-5-15(12-14)21-18(23)13-20-16-6-1-2-7-17(16)22-8-10-24-11-9-22/h1-7,12,20H,8-11,13H2,(H,21,23). The van der Waals surface area contributed by atoms with E-state index >= 15 is 0 Å². The molecule has 0 saturated carbocycles. The van der Waals surface area contributed by atoms with E-state index in [2.05, 4.69) is 15.5 Å². The quantitative estimate of drug-likeness (QED) is 0.886. The van der Waals surface area contributed by atoms with Crippen molar-refractivity contribution in [3.63, 3.8) is 0 Å². The van der Waals surface area contributed by atoms with Crippen molar-refractivity contribution in [1.29, 1.82) is 0 Å². The van der Waals surface area contributed by atoms with Crippen LogP contribution < -0.4 is 15.5 Å². The van der Waals surface area contributed by atoms with Gasteiger partial charge in [-0.3, -0.25) is 4.79 Å². The number of nitrogens with one attached hydrogen (secondary N) is 2. The molecule has 1 aliphatic rings. The van der Waals surface area contributed by atoms with Crippen molar-refractivity contribution in [2.75, 3.05) is 48.4 Å². The minimum Gasteiger partial charge on any atom is -0.378 e. The Labute approximate surface area is 140 Å². The molecule has 0 bridgehead atoms. The predicted octanol–water partition coefficient (Wildman–Crippen LogP) is 2.71. The predicted molar refractivity (Wildman–Crippen MR) is 93.0 cm³/mol. The molecule has 0 atom stereocenters. The lowest BCUT2D eigenvalue weighted by Crippen LogP contribution is -2.36. The van der Waals surface area contributed by atoms with E-state index in [-0.39, 0.29) is 18.3 Å². The summed E-state index contributed by atoms with van der Waals surface area (Å²) in [7, 11) is 0. The Kier molecular flexibility index (Phi) is 5.28. The number of carbonyl (C=O) groups excluding carboxylic acids is 1. The molecule has 1 fully saturated rings. The second-order valence-electron chi connectivity index (χ2n) is 5.53. The summed E-state index contributed by atoms with van der Waals surface area (Å²) in [6, 6.07) is 13.7. The molecule has 5 nitrogen and oxygen atoms in total. The molecule has 2 aromatic rings. The van der Waals surface area contributed by atoms with Gasteiger partial charge in [0.05, 0.1) is 31.1 Å². The van der Waals surface area contributed by atoms with Crippen LogP contribution in [-0.4, -0.2) is 38.8 Å². The molecule has 0 aromatic heterocycles. The summed E-state index contributed by atoms with van der Waals surface area (Å²) in [5.74, 6) is -0.601. The van der Waals surface area contributed by atoms with E-state index in [1.165, 1.54) is 12.1 Å². The van der Waals surface area contributed by atoms with Crippen LogP contribution in [-0.2, 0) is 9.53 Å². The zero-order valence-electron chi connectivity index (χ0n) is 13.3. The van der Waals surface area contributed by atoms with Gasteiger partial charge in [-0.05, 0) is 30.3 Å². The zero-order valence-corrected chi connectivity index (χ0v) is 13.3. The minimum atomic E-state index is -0.376. The molecule has 24 heavy (non-hydrogen) atoms. The van der Waals surface area contributed by atoms with Crippen LogP contribution in [0.2, 0.25) is 0 Å². The summed E-state index contributed by atoms with van der Waals surface area (Å²) < 4.78 is 18.5. The highest BCUT2D eigenvalue weighted by Gasteiger charge is 2.14. The molecule has 2 N–H and O–H groups in total. The first kappa shape index (κ1) is 16.3. The van der Waals surface area contributed by atoms with E-state index in [4.69, 9.17) is 4.74 Å². The highest BCUT2D eigenvalue weighted by molar-refractivity contribution is 5.94. The number of nitrogens with zero attached hydrogens (tertiary/aromatic N) is 1. The maximum atomic E-state index is 13.1. The minimum absolute atomic E-state index is 0.109. The first-order chi connectivity index (χ1) is 11.7. The molecule has 1 amide bonds. The number of ether oxygens (including phenoxy) is 1. The van der Waals surface area contributed by atoms with E-state index in [1.54, 1.807) is 12.1 Å². The van der Waals surface area contributed by atoms with Gasteiger partial charge in [0.25, 0.3) is 0 Å². The van der Waals surface area contributed by atoms with Crippen LogP contribution in [0.25, 0.3) is 0 Å². The Hall–Kier alpha value is -2.60. The van der Waals surface area contributed by atoms with E-state index < -0.39 is 0 Å². The molecule has 0 aliphatic carbocycles. The average Bonchev–Trinajstić information content (AvgIpc) is 2.61. The first-order valence-corrected chi connectivity index (χ1v) is 7.93. The van der Waals surface area contributed by atoms with Crippen LogP contribution >= 0.6 is 0 Å². The SMILES string of the molecule is O=C(CNc1ccccc1N1CCOCC1)Nc1cccc(F)c1. The number of benzene rings is 2. The summed E-state index contributed by atoms with van der Waals surface area (Å²) in [6.07, 6.45) is 0. The Balaban J connectivity index is 1.61. The second kappa shape index (κ2) is 7.79. The highest BCUT2D eigenvalue weighted by Crippen LogP contribution is 2.26. The van der Waals surface area contributed by atoms with Crippen molar-refractivity contribution in [2.24, 2.45) is 0 Å². The lowest BCUT2D eigenvalue weighted by molar-refractivity contribution is -0.114. The maximum Gasteiger partial charge on any atom is 0.243 e. The first-order valence-electron chi connectivity index (χ1n) is 7.93. The van der Waals surface area contributed by atoms with Gasteiger partial charge in [0.15, 0.2) is 0 Å². The van der Waals surface area contributed by atoms with Crippen LogP contribution in [0.15, 0.2) is 48.5 Å². The fourth-order valence-corrected chi connectivity index (χ4v) is 2.65. The molecular formula is C18H20FN3O2. The molecule has 126 valence electrons. The lowest BCUT2D eigenvalue weighted by atomic mass is 10.2. The molecule has 1 aliphatic heterocycles. The number of morpholine rings is 1. The van der Waals surface area contributed by atoms with E-state index in [0.29, 0.717) is 18.9 Å². The van der Waals surface area contributed by atoms with Gasteiger partial charge in [0.1, 0.15) is 5.82 Å². The second-order valence-corrected chi connectivity index (χ2v) is 5.53. The van der Waals surface area contributed by atoms with Crippen molar-refractivity contribution in [1.82, 2.24) is 0 Å². The van der Waals surface area contributed by atoms with Crippen molar-refractivity contribution in [3.05, 3.63) is 54.3 Å². The molecule has 0 radical (unpaired) electrons. The fraction of sp³-hybridized carbons (Fsp3) is 0.278. The fourth-order valence-electron chi connectivity index (χ4n) is 2.65. The third-order valence-corrected chi connectivity index (χ3v) is 3.80. The van der Waals surface area contributed by atoms with Gasteiger partial charge in [0, 0.05) is 18.8 Å². The maximum absolute atomic E-state index is 13.1. The van der Waals surface area contributed by atoms with Gasteiger partial charge >= 0.3 is 0 Å². The van der Waals surface area contributed by atoms with Crippen molar-refractivity contribution >= 4 is 23.0 Å². The number of hydrogen-bond donors (Lipinski definition) is 2. The third-order valence-electron chi connectivity index (χ3n) is 3.80. The Morgan fingerprint density at radius 3 is 2.71 bits per heavy atom. The van der Waals surface area contributed by atoms with Gasteiger partial charge < -0.3 is 20.3 Å². The monoisotopic (exact) mass is 329 g/mol. The average molecular weight is 329 g/mol. The van der Waals surface area contributed by atoms with Crippen LogP contribution in [0.1, 0.15) is 0 Å². The van der Waals surface area contributed by atoms with Crippen molar-refractivity contribution in [2.45, 2.75) is 0 Å². The largest absolute Gasteiger partial charge is 0.378 e. The Morgan fingerprint density at radius 1 is 1.12 bits per heavy atom. The number of para-hydroxylation sites is 2. The van der Waals surface area contributed by atoms with Gasteiger partial charge in [-0.1, -0.05) is 18.2 Å². The van der Waals surface area contributed by atoms with Crippen molar-refractivity contribution in [3.8, 4) is 0 Å². The number of amides is 1. The van der Waals surface area contributed by atoms with Crippen LogP contribution in [0, 0.1) is 5.82 Å². The summed E-state index contributed by atoms with van der Waals surface area (Å²) in [5.41, 5.74) is 2.40. The smallest absolute Gasteiger partial charge is 0.243 e. The molecule has 0 spiro atoms. The molecule has 1 saturated heterocycles. The molecule has 2 aromatic carbocycles. The molecule has 1 heterocycles. The van der Waals surface area contributed by atoms with Gasteiger partial charge in [-0.2, -0.15) is 0 Å². The number of halogens is 1. The van der Waals surface area contributed by atoms with Crippen molar-refractivity contribution < 1.29 is 13.9 Å². The van der Waals surface area contributed by atoms with Crippen LogP contribution in [0.5, 0.6) is 0 Å². The lowest BCUT2D eigenvalue weighted by Gasteiger charge is -2.30. The van der Waals surface area contributed by atoms with E-state index in [0.717, 1.165) is 24.5 Å². The molecule has 0 unspecified atom stereocenters. The number of anilines is 3. The number of hydrogen-bond acceptors (Lipinski definition) is 4. The third kappa shape index (κ3) is 4.23. The topological polar surface area (TPSA) is 53.6 Å². The summed E-state index contributed by atoms with van der Waals surface area (Å²) in [5, 5.41) is 5.83. The summed E-state index contributed by atoms with van der Waals surface area (Å²) in [6.45, 7) is 3.17.